The molecule has 3 fully saturated rings. The van der Waals surface area contributed by atoms with Gasteiger partial charge in [-0.1, -0.05) is 6.42 Å². The van der Waals surface area contributed by atoms with Crippen molar-refractivity contribution in [2.75, 3.05) is 26.2 Å². The van der Waals surface area contributed by atoms with Crippen LogP contribution in [0.3, 0.4) is 0 Å². The predicted octanol–water partition coefficient (Wildman–Crippen LogP) is 1.43. The fourth-order valence-electron chi connectivity index (χ4n) is 4.44. The van der Waals surface area contributed by atoms with Gasteiger partial charge in [0, 0.05) is 26.7 Å². The van der Waals surface area contributed by atoms with Crippen molar-refractivity contribution in [3.8, 4) is 0 Å². The molecular weight excluding hydrogens is 290 g/mol. The second-order valence-corrected chi connectivity index (χ2v) is 7.75. The molecule has 0 bridgehead atoms. The van der Waals surface area contributed by atoms with E-state index in [4.69, 9.17) is 0 Å². The number of carbonyl (C=O) groups excluding carboxylic acids is 1. The molecule has 2 saturated heterocycles. The summed E-state index contributed by atoms with van der Waals surface area (Å²) >= 11 is 0. The van der Waals surface area contributed by atoms with Crippen LogP contribution in [0.1, 0.15) is 44.3 Å². The van der Waals surface area contributed by atoms with Gasteiger partial charge in [-0.15, -0.1) is 10.2 Å². The van der Waals surface area contributed by atoms with Gasteiger partial charge in [-0.3, -0.25) is 9.69 Å². The molecule has 1 saturated carbocycles. The topological polar surface area (TPSA) is 54.3 Å². The molecule has 126 valence electrons. The summed E-state index contributed by atoms with van der Waals surface area (Å²) in [6.07, 6.45) is 8.95. The molecule has 1 spiro atoms. The van der Waals surface area contributed by atoms with Gasteiger partial charge < -0.3 is 9.47 Å². The van der Waals surface area contributed by atoms with Crippen LogP contribution in [0.25, 0.3) is 0 Å². The Morgan fingerprint density at radius 3 is 2.83 bits per heavy atom. The van der Waals surface area contributed by atoms with Gasteiger partial charge in [-0.25, -0.2) is 0 Å². The first-order valence-corrected chi connectivity index (χ1v) is 9.01. The summed E-state index contributed by atoms with van der Waals surface area (Å²) in [6, 6.07) is 0. The third-order valence-electron chi connectivity index (χ3n) is 6.13. The van der Waals surface area contributed by atoms with Crippen molar-refractivity contribution < 1.29 is 4.79 Å². The minimum absolute atomic E-state index is 0.124. The van der Waals surface area contributed by atoms with Crippen LogP contribution < -0.4 is 0 Å². The van der Waals surface area contributed by atoms with E-state index in [9.17, 15) is 4.79 Å². The van der Waals surface area contributed by atoms with Gasteiger partial charge >= 0.3 is 0 Å². The number of hydrogen-bond donors (Lipinski definition) is 0. The molecule has 3 heterocycles. The van der Waals surface area contributed by atoms with Crippen LogP contribution in [-0.4, -0.2) is 56.7 Å². The van der Waals surface area contributed by atoms with E-state index in [0.717, 1.165) is 63.7 Å². The first kappa shape index (κ1) is 15.1. The Bertz CT molecular complexity index is 581. The van der Waals surface area contributed by atoms with Gasteiger partial charge in [-0.05, 0) is 44.6 Å². The van der Waals surface area contributed by atoms with Gasteiger partial charge in [-0.2, -0.15) is 0 Å². The monoisotopic (exact) mass is 317 g/mol. The number of rotatable bonds is 4. The van der Waals surface area contributed by atoms with Crippen LogP contribution in [0.5, 0.6) is 0 Å². The average Bonchev–Trinajstić information content (AvgIpc) is 3.08. The van der Waals surface area contributed by atoms with Crippen LogP contribution in [0.2, 0.25) is 0 Å². The molecule has 1 aromatic rings. The molecule has 4 rings (SSSR count). The molecule has 6 nitrogen and oxygen atoms in total. The van der Waals surface area contributed by atoms with E-state index in [1.54, 1.807) is 6.33 Å². The Kier molecular flexibility index (Phi) is 3.87. The zero-order chi connectivity index (χ0) is 15.9. The number of amides is 1. The van der Waals surface area contributed by atoms with Gasteiger partial charge in [0.15, 0.2) is 0 Å². The quantitative estimate of drug-likeness (QED) is 0.843. The maximum absolute atomic E-state index is 13.1. The highest BCUT2D eigenvalue weighted by atomic mass is 16.2. The minimum Gasteiger partial charge on any atom is -0.342 e. The van der Waals surface area contributed by atoms with Crippen LogP contribution in [0, 0.1) is 11.3 Å². The molecule has 2 aliphatic heterocycles. The first-order chi connectivity index (χ1) is 11.2. The molecule has 23 heavy (non-hydrogen) atoms. The fourth-order valence-corrected chi connectivity index (χ4v) is 4.44. The number of likely N-dealkylation sites (tertiary alicyclic amines) is 2. The van der Waals surface area contributed by atoms with Crippen molar-refractivity contribution in [3.05, 3.63) is 12.2 Å². The second kappa shape index (κ2) is 5.89. The summed E-state index contributed by atoms with van der Waals surface area (Å²) in [5.74, 6) is 2.18. The standard InChI is InChI=1S/C17H27N5O/c1-20-13-18-19-15(20)11-21-9-7-17(12-21)6-3-8-22(16(17)23)10-14-4-2-5-14/h13-14H,2-12H2,1H3. The summed E-state index contributed by atoms with van der Waals surface area (Å²) in [5, 5.41) is 8.14. The van der Waals surface area contributed by atoms with E-state index in [1.807, 2.05) is 11.6 Å². The Balaban J connectivity index is 1.41. The van der Waals surface area contributed by atoms with Gasteiger partial charge in [0.2, 0.25) is 5.91 Å². The summed E-state index contributed by atoms with van der Waals surface area (Å²) in [7, 11) is 1.98. The Labute approximate surface area is 137 Å². The molecule has 6 heteroatoms. The van der Waals surface area contributed by atoms with E-state index in [0.29, 0.717) is 5.91 Å². The first-order valence-electron chi connectivity index (χ1n) is 9.01. The molecule has 1 unspecified atom stereocenters. The number of aryl methyl sites for hydroxylation is 1. The summed E-state index contributed by atoms with van der Waals surface area (Å²) in [4.78, 5) is 17.7. The van der Waals surface area contributed by atoms with Crippen molar-refractivity contribution in [2.24, 2.45) is 18.4 Å². The highest BCUT2D eigenvalue weighted by Gasteiger charge is 2.48. The van der Waals surface area contributed by atoms with Crippen molar-refractivity contribution in [2.45, 2.75) is 45.1 Å². The average molecular weight is 317 g/mol. The lowest BCUT2D eigenvalue weighted by Gasteiger charge is -2.42. The highest BCUT2D eigenvalue weighted by molar-refractivity contribution is 5.84. The summed E-state index contributed by atoms with van der Waals surface area (Å²) in [6.45, 7) is 4.66. The number of carbonyl (C=O) groups is 1. The summed E-state index contributed by atoms with van der Waals surface area (Å²) < 4.78 is 1.97. The number of nitrogens with zero attached hydrogens (tertiary/aromatic N) is 5. The zero-order valence-electron chi connectivity index (χ0n) is 14.1. The highest BCUT2D eigenvalue weighted by Crippen LogP contribution is 2.41. The lowest BCUT2D eigenvalue weighted by atomic mass is 9.77. The van der Waals surface area contributed by atoms with Crippen LogP contribution in [0.15, 0.2) is 6.33 Å². The summed E-state index contributed by atoms with van der Waals surface area (Å²) in [5.41, 5.74) is -0.124. The van der Waals surface area contributed by atoms with E-state index in [1.165, 1.54) is 19.3 Å². The number of aromatic nitrogens is 3. The molecule has 1 aromatic heterocycles. The Hall–Kier alpha value is -1.43. The fraction of sp³-hybridized carbons (Fsp3) is 0.824. The smallest absolute Gasteiger partial charge is 0.230 e. The van der Waals surface area contributed by atoms with Crippen LogP contribution in [0.4, 0.5) is 0 Å². The maximum atomic E-state index is 13.1. The van der Waals surface area contributed by atoms with Crippen molar-refractivity contribution in [1.29, 1.82) is 0 Å². The minimum atomic E-state index is -0.124. The SMILES string of the molecule is Cn1cnnc1CN1CCC2(CCCN(CC3CCC3)C2=O)C1. The molecule has 3 aliphatic rings. The third kappa shape index (κ3) is 2.77. The molecule has 0 N–H and O–H groups in total. The molecule has 0 aromatic carbocycles. The van der Waals surface area contributed by atoms with E-state index in [2.05, 4.69) is 20.0 Å². The van der Waals surface area contributed by atoms with Crippen molar-refractivity contribution in [1.82, 2.24) is 24.6 Å². The largest absolute Gasteiger partial charge is 0.342 e. The molecule has 1 aliphatic carbocycles. The Morgan fingerprint density at radius 1 is 1.26 bits per heavy atom. The van der Waals surface area contributed by atoms with Crippen LogP contribution >= 0.6 is 0 Å². The van der Waals surface area contributed by atoms with Gasteiger partial charge in [0.25, 0.3) is 0 Å². The van der Waals surface area contributed by atoms with E-state index in [-0.39, 0.29) is 5.41 Å². The number of hydrogen-bond acceptors (Lipinski definition) is 4. The lowest BCUT2D eigenvalue weighted by molar-refractivity contribution is -0.146. The molecule has 0 radical (unpaired) electrons. The van der Waals surface area contributed by atoms with E-state index < -0.39 is 0 Å². The normalized spacial score (nSPS) is 29.4. The van der Waals surface area contributed by atoms with Crippen LogP contribution in [-0.2, 0) is 18.4 Å². The number of piperidine rings is 1. The zero-order valence-corrected chi connectivity index (χ0v) is 14.1. The van der Waals surface area contributed by atoms with Crippen molar-refractivity contribution in [3.63, 3.8) is 0 Å². The second-order valence-electron chi connectivity index (χ2n) is 7.75. The molecular formula is C17H27N5O. The molecule has 1 atom stereocenters. The van der Waals surface area contributed by atoms with Crippen molar-refractivity contribution >= 4 is 5.91 Å². The lowest BCUT2D eigenvalue weighted by Crippen LogP contribution is -2.51. The Morgan fingerprint density at radius 2 is 2.13 bits per heavy atom. The predicted molar refractivity (Wildman–Crippen MR) is 86.5 cm³/mol. The molecule has 1 amide bonds. The third-order valence-corrected chi connectivity index (χ3v) is 6.13. The van der Waals surface area contributed by atoms with E-state index >= 15 is 0 Å². The van der Waals surface area contributed by atoms with Gasteiger partial charge in [0.1, 0.15) is 12.2 Å². The maximum Gasteiger partial charge on any atom is 0.230 e. The van der Waals surface area contributed by atoms with Gasteiger partial charge in [0.05, 0.1) is 12.0 Å².